The molecular formula is C12H20N4. The summed E-state index contributed by atoms with van der Waals surface area (Å²) in [6.45, 7) is 1.97. The fraction of sp³-hybridized carbons (Fsp3) is 0.667. The summed E-state index contributed by atoms with van der Waals surface area (Å²) < 4.78 is 0. The molecule has 2 rings (SSSR count). The molecule has 1 fully saturated rings. The monoisotopic (exact) mass is 220 g/mol. The molecule has 0 amide bonds. The number of hydrogen-bond donors (Lipinski definition) is 2. The van der Waals surface area contributed by atoms with Gasteiger partial charge in [-0.3, -0.25) is 0 Å². The maximum atomic E-state index is 5.77. The predicted molar refractivity (Wildman–Crippen MR) is 66.3 cm³/mol. The van der Waals surface area contributed by atoms with E-state index < -0.39 is 0 Å². The van der Waals surface area contributed by atoms with Gasteiger partial charge in [-0.25, -0.2) is 9.97 Å². The van der Waals surface area contributed by atoms with E-state index >= 15 is 0 Å². The van der Waals surface area contributed by atoms with Gasteiger partial charge >= 0.3 is 0 Å². The molecule has 4 nitrogen and oxygen atoms in total. The second kappa shape index (κ2) is 5.14. The van der Waals surface area contributed by atoms with Crippen LogP contribution in [0.5, 0.6) is 0 Å². The summed E-state index contributed by atoms with van der Waals surface area (Å²) in [6, 6.07) is 0.551. The lowest BCUT2D eigenvalue weighted by molar-refractivity contribution is 0.617. The first-order valence-corrected chi connectivity index (χ1v) is 6.11. The second-order valence-electron chi connectivity index (χ2n) is 4.57. The van der Waals surface area contributed by atoms with Gasteiger partial charge in [-0.05, 0) is 19.8 Å². The van der Waals surface area contributed by atoms with E-state index in [1.807, 2.05) is 6.92 Å². The van der Waals surface area contributed by atoms with Gasteiger partial charge in [0.05, 0.1) is 0 Å². The van der Waals surface area contributed by atoms with E-state index in [-0.39, 0.29) is 0 Å². The largest absolute Gasteiger partial charge is 0.383 e. The van der Waals surface area contributed by atoms with Crippen LogP contribution in [0.1, 0.15) is 44.1 Å². The van der Waals surface area contributed by atoms with Crippen molar-refractivity contribution in [3.8, 4) is 0 Å². The lowest BCUT2D eigenvalue weighted by atomic mass is 10.1. The van der Waals surface area contributed by atoms with Gasteiger partial charge in [0.15, 0.2) is 0 Å². The highest BCUT2D eigenvalue weighted by atomic mass is 15.1. The normalized spacial score (nSPS) is 18.1. The van der Waals surface area contributed by atoms with E-state index in [1.165, 1.54) is 44.9 Å². The Balaban J connectivity index is 2.04. The molecule has 3 N–H and O–H groups in total. The smallest absolute Gasteiger partial charge is 0.134 e. The van der Waals surface area contributed by atoms with Gasteiger partial charge in [0, 0.05) is 11.6 Å². The minimum absolute atomic E-state index is 0.551. The number of nitrogens with zero attached hydrogens (tertiary/aromatic N) is 2. The molecule has 1 aliphatic rings. The molecule has 0 spiro atoms. The Kier molecular flexibility index (Phi) is 3.59. The van der Waals surface area contributed by atoms with Crippen molar-refractivity contribution < 1.29 is 0 Å². The lowest BCUT2D eigenvalue weighted by Crippen LogP contribution is -2.20. The average molecular weight is 220 g/mol. The van der Waals surface area contributed by atoms with Gasteiger partial charge in [-0.15, -0.1) is 0 Å². The molecule has 0 bridgehead atoms. The molecule has 1 aliphatic carbocycles. The number of anilines is 2. The zero-order valence-corrected chi connectivity index (χ0v) is 9.87. The van der Waals surface area contributed by atoms with E-state index in [1.54, 1.807) is 0 Å². The minimum atomic E-state index is 0.551. The molecule has 4 heteroatoms. The first-order valence-electron chi connectivity index (χ1n) is 6.11. The number of nitrogens with two attached hydrogens (primary N) is 1. The Morgan fingerprint density at radius 2 is 1.88 bits per heavy atom. The fourth-order valence-corrected chi connectivity index (χ4v) is 2.23. The highest BCUT2D eigenvalue weighted by Gasteiger charge is 2.14. The van der Waals surface area contributed by atoms with Gasteiger partial charge in [0.2, 0.25) is 0 Å². The van der Waals surface area contributed by atoms with Crippen LogP contribution in [0.4, 0.5) is 11.6 Å². The molecule has 0 saturated heterocycles. The maximum Gasteiger partial charge on any atom is 0.134 e. The second-order valence-corrected chi connectivity index (χ2v) is 4.57. The third-order valence-electron chi connectivity index (χ3n) is 3.32. The van der Waals surface area contributed by atoms with Crippen LogP contribution < -0.4 is 11.1 Å². The van der Waals surface area contributed by atoms with Crippen LogP contribution in [0.3, 0.4) is 0 Å². The standard InChI is InChI=1S/C12H20N4/c1-9-11(13)14-8-15-12(9)16-10-6-4-2-3-5-7-10/h8,10H,2-7H2,1H3,(H3,13,14,15,16). The minimum Gasteiger partial charge on any atom is -0.383 e. The Bertz CT molecular complexity index is 343. The van der Waals surface area contributed by atoms with Crippen LogP contribution >= 0.6 is 0 Å². The van der Waals surface area contributed by atoms with Crippen LogP contribution in [0, 0.1) is 6.92 Å². The summed E-state index contributed by atoms with van der Waals surface area (Å²) in [4.78, 5) is 8.24. The van der Waals surface area contributed by atoms with E-state index in [2.05, 4.69) is 15.3 Å². The predicted octanol–water partition coefficient (Wildman–Crippen LogP) is 2.50. The van der Waals surface area contributed by atoms with Gasteiger partial charge < -0.3 is 11.1 Å². The Labute approximate surface area is 96.7 Å². The Morgan fingerprint density at radius 1 is 1.19 bits per heavy atom. The van der Waals surface area contributed by atoms with Crippen molar-refractivity contribution >= 4 is 11.6 Å². The summed E-state index contributed by atoms with van der Waals surface area (Å²) in [5.41, 5.74) is 6.73. The quantitative estimate of drug-likeness (QED) is 0.752. The van der Waals surface area contributed by atoms with Crippen molar-refractivity contribution in [1.82, 2.24) is 9.97 Å². The number of rotatable bonds is 2. The molecule has 1 saturated carbocycles. The van der Waals surface area contributed by atoms with E-state index in [4.69, 9.17) is 5.73 Å². The number of aromatic nitrogens is 2. The van der Waals surface area contributed by atoms with Crippen molar-refractivity contribution in [2.45, 2.75) is 51.5 Å². The van der Waals surface area contributed by atoms with Crippen molar-refractivity contribution in [2.75, 3.05) is 11.1 Å². The van der Waals surface area contributed by atoms with Gasteiger partial charge in [0.25, 0.3) is 0 Å². The Hall–Kier alpha value is -1.32. The van der Waals surface area contributed by atoms with Gasteiger partial charge in [0.1, 0.15) is 18.0 Å². The summed E-state index contributed by atoms with van der Waals surface area (Å²) in [7, 11) is 0. The zero-order valence-electron chi connectivity index (χ0n) is 9.87. The van der Waals surface area contributed by atoms with Crippen molar-refractivity contribution in [2.24, 2.45) is 0 Å². The summed E-state index contributed by atoms with van der Waals surface area (Å²) in [5, 5.41) is 3.50. The topological polar surface area (TPSA) is 63.8 Å². The molecule has 1 aromatic rings. The summed E-state index contributed by atoms with van der Waals surface area (Å²) in [5.74, 6) is 1.48. The van der Waals surface area contributed by atoms with E-state index in [0.717, 1.165) is 11.4 Å². The third kappa shape index (κ3) is 2.62. The molecule has 0 aliphatic heterocycles. The molecule has 1 aromatic heterocycles. The van der Waals surface area contributed by atoms with Crippen molar-refractivity contribution in [1.29, 1.82) is 0 Å². The van der Waals surface area contributed by atoms with E-state index in [0.29, 0.717) is 11.9 Å². The molecule has 0 aromatic carbocycles. The van der Waals surface area contributed by atoms with Gasteiger partial charge in [-0.1, -0.05) is 25.7 Å². The SMILES string of the molecule is Cc1c(N)ncnc1NC1CCCCCC1. The van der Waals surface area contributed by atoms with Gasteiger partial charge in [-0.2, -0.15) is 0 Å². The third-order valence-corrected chi connectivity index (χ3v) is 3.32. The molecule has 88 valence electrons. The van der Waals surface area contributed by atoms with Crippen LogP contribution in [0.2, 0.25) is 0 Å². The number of nitrogens with one attached hydrogen (secondary N) is 1. The zero-order chi connectivity index (χ0) is 11.4. The molecule has 0 unspecified atom stereocenters. The first-order chi connectivity index (χ1) is 7.77. The van der Waals surface area contributed by atoms with Crippen LogP contribution in [0.25, 0.3) is 0 Å². The van der Waals surface area contributed by atoms with Crippen molar-refractivity contribution in [3.63, 3.8) is 0 Å². The molecule has 1 heterocycles. The maximum absolute atomic E-state index is 5.77. The first kappa shape index (κ1) is 11.2. The molecule has 0 atom stereocenters. The Morgan fingerprint density at radius 3 is 2.56 bits per heavy atom. The summed E-state index contributed by atoms with van der Waals surface area (Å²) >= 11 is 0. The number of hydrogen-bond acceptors (Lipinski definition) is 4. The summed E-state index contributed by atoms with van der Waals surface area (Å²) in [6.07, 6.45) is 9.37. The lowest BCUT2D eigenvalue weighted by Gasteiger charge is -2.18. The van der Waals surface area contributed by atoms with E-state index in [9.17, 15) is 0 Å². The van der Waals surface area contributed by atoms with Crippen LogP contribution in [-0.4, -0.2) is 16.0 Å². The highest BCUT2D eigenvalue weighted by Crippen LogP contribution is 2.22. The molecule has 16 heavy (non-hydrogen) atoms. The number of nitrogen functional groups attached to an aromatic ring is 1. The highest BCUT2D eigenvalue weighted by molar-refractivity contribution is 5.54. The molecular weight excluding hydrogens is 200 g/mol. The van der Waals surface area contributed by atoms with Crippen LogP contribution in [-0.2, 0) is 0 Å². The van der Waals surface area contributed by atoms with Crippen molar-refractivity contribution in [3.05, 3.63) is 11.9 Å². The average Bonchev–Trinajstić information content (AvgIpc) is 2.53. The fourth-order valence-electron chi connectivity index (χ4n) is 2.23. The van der Waals surface area contributed by atoms with Crippen LogP contribution in [0.15, 0.2) is 6.33 Å². The molecule has 0 radical (unpaired) electrons.